The van der Waals surface area contributed by atoms with Gasteiger partial charge in [0.1, 0.15) is 6.04 Å². The van der Waals surface area contributed by atoms with Crippen LogP contribution in [-0.2, 0) is 4.79 Å². The molecule has 0 aliphatic carbocycles. The quantitative estimate of drug-likeness (QED) is 0.633. The molecule has 2 rings (SSSR count). The van der Waals surface area contributed by atoms with Crippen molar-refractivity contribution >= 4 is 23.4 Å². The summed E-state index contributed by atoms with van der Waals surface area (Å²) in [4.78, 5) is 13.3. The van der Waals surface area contributed by atoms with Crippen molar-refractivity contribution in [2.24, 2.45) is 5.73 Å². The summed E-state index contributed by atoms with van der Waals surface area (Å²) in [5, 5.41) is 2.90. The van der Waals surface area contributed by atoms with E-state index in [1.807, 2.05) is 60.7 Å². The molecule has 1 atom stereocenters. The van der Waals surface area contributed by atoms with Crippen LogP contribution in [0.1, 0.15) is 11.6 Å². The molecule has 0 aliphatic rings. The molecule has 0 aromatic heterocycles. The topological polar surface area (TPSA) is 55.1 Å². The van der Waals surface area contributed by atoms with Gasteiger partial charge in [-0.25, -0.2) is 0 Å². The van der Waals surface area contributed by atoms with E-state index >= 15 is 0 Å². The van der Waals surface area contributed by atoms with Gasteiger partial charge in [0.25, 0.3) is 0 Å². The Labute approximate surface area is 129 Å². The third kappa shape index (κ3) is 4.21. The van der Waals surface area contributed by atoms with Crippen LogP contribution in [0.5, 0.6) is 0 Å². The lowest BCUT2D eigenvalue weighted by Gasteiger charge is -2.14. The van der Waals surface area contributed by atoms with E-state index in [0.29, 0.717) is 0 Å². The molecule has 0 saturated heterocycles. The summed E-state index contributed by atoms with van der Waals surface area (Å²) in [6, 6.07) is 16.3. The molecule has 21 heavy (non-hydrogen) atoms. The Bertz CT molecular complexity index is 613. The van der Waals surface area contributed by atoms with Crippen LogP contribution in [0.4, 0.5) is 5.69 Å². The average molecular weight is 298 g/mol. The Morgan fingerprint density at radius 2 is 1.86 bits per heavy atom. The highest BCUT2D eigenvalue weighted by atomic mass is 32.2. The van der Waals surface area contributed by atoms with Crippen LogP contribution in [0, 0.1) is 0 Å². The van der Waals surface area contributed by atoms with Crippen molar-refractivity contribution < 1.29 is 4.79 Å². The summed E-state index contributed by atoms with van der Waals surface area (Å²) in [7, 11) is 0. The molecule has 0 spiro atoms. The Morgan fingerprint density at radius 3 is 2.57 bits per heavy atom. The molecular weight excluding hydrogens is 280 g/mol. The summed E-state index contributed by atoms with van der Waals surface area (Å²) >= 11 is 1.62. The molecule has 4 heteroatoms. The molecule has 0 saturated carbocycles. The number of carbonyl (C=O) groups is 1. The van der Waals surface area contributed by atoms with Gasteiger partial charge in [0.15, 0.2) is 0 Å². The summed E-state index contributed by atoms with van der Waals surface area (Å²) in [5.74, 6) is 0.574. The molecule has 0 aliphatic heterocycles. The normalized spacial score (nSPS) is 11.7. The lowest BCUT2D eigenvalue weighted by molar-refractivity contribution is -0.117. The second-order valence-electron chi connectivity index (χ2n) is 4.47. The molecule has 2 aromatic carbocycles. The highest BCUT2D eigenvalue weighted by Gasteiger charge is 2.16. The highest BCUT2D eigenvalue weighted by molar-refractivity contribution is 7.99. The maximum Gasteiger partial charge on any atom is 0.245 e. The van der Waals surface area contributed by atoms with E-state index in [9.17, 15) is 4.79 Å². The van der Waals surface area contributed by atoms with Gasteiger partial charge in [-0.1, -0.05) is 48.5 Å². The summed E-state index contributed by atoms with van der Waals surface area (Å²) in [5.41, 5.74) is 7.58. The minimum Gasteiger partial charge on any atom is -0.323 e. The van der Waals surface area contributed by atoms with E-state index in [1.165, 1.54) is 0 Å². The lowest BCUT2D eigenvalue weighted by atomic mass is 10.1. The zero-order valence-electron chi connectivity index (χ0n) is 11.7. The molecule has 0 radical (unpaired) electrons. The third-order valence-corrected chi connectivity index (χ3v) is 4.01. The minimum absolute atomic E-state index is 0.215. The summed E-state index contributed by atoms with van der Waals surface area (Å²) in [6.45, 7) is 3.71. The van der Waals surface area contributed by atoms with E-state index in [2.05, 4.69) is 11.9 Å². The van der Waals surface area contributed by atoms with Crippen LogP contribution in [0.3, 0.4) is 0 Å². The molecule has 3 N–H and O–H groups in total. The zero-order chi connectivity index (χ0) is 15.1. The smallest absolute Gasteiger partial charge is 0.245 e. The number of benzene rings is 2. The first-order valence-corrected chi connectivity index (χ1v) is 7.65. The van der Waals surface area contributed by atoms with Gasteiger partial charge in [-0.2, -0.15) is 0 Å². The highest BCUT2D eigenvalue weighted by Crippen LogP contribution is 2.27. The first-order chi connectivity index (χ1) is 10.2. The Hall–Kier alpha value is -2.04. The number of rotatable bonds is 6. The number of nitrogens with two attached hydrogens (primary N) is 1. The van der Waals surface area contributed by atoms with Crippen LogP contribution in [0.2, 0.25) is 0 Å². The molecule has 0 heterocycles. The lowest BCUT2D eigenvalue weighted by Crippen LogP contribution is -2.27. The Balaban J connectivity index is 2.11. The van der Waals surface area contributed by atoms with Crippen molar-refractivity contribution in [3.8, 4) is 0 Å². The van der Waals surface area contributed by atoms with Crippen LogP contribution in [-0.4, -0.2) is 11.7 Å². The van der Waals surface area contributed by atoms with Crippen molar-refractivity contribution in [1.29, 1.82) is 0 Å². The van der Waals surface area contributed by atoms with E-state index in [4.69, 9.17) is 5.73 Å². The molecular formula is C17H18N2OS. The number of carbonyl (C=O) groups excluding carboxylic acids is 1. The van der Waals surface area contributed by atoms with Gasteiger partial charge >= 0.3 is 0 Å². The molecule has 0 bridgehead atoms. The molecule has 0 unspecified atom stereocenters. The SMILES string of the molecule is C=CCSc1ccccc1NC(=O)[C@@H](N)c1ccccc1. The third-order valence-electron chi connectivity index (χ3n) is 2.94. The first kappa shape index (κ1) is 15.4. The number of amides is 1. The second kappa shape index (κ2) is 7.67. The van der Waals surface area contributed by atoms with E-state index in [1.54, 1.807) is 11.8 Å². The van der Waals surface area contributed by atoms with E-state index in [-0.39, 0.29) is 5.91 Å². The maximum absolute atomic E-state index is 12.3. The minimum atomic E-state index is -0.677. The average Bonchev–Trinajstić information content (AvgIpc) is 2.54. The fraction of sp³-hybridized carbons (Fsp3) is 0.118. The van der Waals surface area contributed by atoms with Gasteiger partial charge in [0.05, 0.1) is 5.69 Å². The molecule has 2 aromatic rings. The number of thioether (sulfide) groups is 1. The number of para-hydroxylation sites is 1. The van der Waals surface area contributed by atoms with Crippen molar-refractivity contribution in [1.82, 2.24) is 0 Å². The number of nitrogens with one attached hydrogen (secondary N) is 1. The van der Waals surface area contributed by atoms with Gasteiger partial charge in [-0.3, -0.25) is 4.79 Å². The van der Waals surface area contributed by atoms with E-state index < -0.39 is 6.04 Å². The second-order valence-corrected chi connectivity index (χ2v) is 5.54. The van der Waals surface area contributed by atoms with Crippen molar-refractivity contribution in [3.05, 3.63) is 72.8 Å². The molecule has 108 valence electrons. The van der Waals surface area contributed by atoms with Crippen molar-refractivity contribution in [3.63, 3.8) is 0 Å². The summed E-state index contributed by atoms with van der Waals surface area (Å²) < 4.78 is 0. The predicted molar refractivity (Wildman–Crippen MR) is 89.4 cm³/mol. The molecule has 3 nitrogen and oxygen atoms in total. The number of anilines is 1. The molecule has 1 amide bonds. The Kier molecular flexibility index (Phi) is 5.60. The van der Waals surface area contributed by atoms with Crippen molar-refractivity contribution in [2.45, 2.75) is 10.9 Å². The summed E-state index contributed by atoms with van der Waals surface area (Å²) in [6.07, 6.45) is 1.83. The first-order valence-electron chi connectivity index (χ1n) is 6.66. The Morgan fingerprint density at radius 1 is 1.19 bits per heavy atom. The maximum atomic E-state index is 12.3. The fourth-order valence-corrected chi connectivity index (χ4v) is 2.61. The molecule has 0 fully saturated rings. The monoisotopic (exact) mass is 298 g/mol. The number of hydrogen-bond donors (Lipinski definition) is 2. The van der Waals surface area contributed by atoms with Gasteiger partial charge in [0.2, 0.25) is 5.91 Å². The van der Waals surface area contributed by atoms with Crippen LogP contribution >= 0.6 is 11.8 Å². The van der Waals surface area contributed by atoms with Crippen LogP contribution < -0.4 is 11.1 Å². The van der Waals surface area contributed by atoms with Gasteiger partial charge in [-0.05, 0) is 17.7 Å². The van der Waals surface area contributed by atoms with E-state index in [0.717, 1.165) is 21.9 Å². The van der Waals surface area contributed by atoms with Gasteiger partial charge in [-0.15, -0.1) is 18.3 Å². The number of hydrogen-bond acceptors (Lipinski definition) is 3. The predicted octanol–water partition coefficient (Wildman–Crippen LogP) is 3.60. The fourth-order valence-electron chi connectivity index (χ4n) is 1.87. The van der Waals surface area contributed by atoms with Crippen LogP contribution in [0.25, 0.3) is 0 Å². The zero-order valence-corrected chi connectivity index (χ0v) is 12.5. The van der Waals surface area contributed by atoms with Crippen molar-refractivity contribution in [2.75, 3.05) is 11.1 Å². The van der Waals surface area contributed by atoms with Gasteiger partial charge in [0, 0.05) is 10.6 Å². The largest absolute Gasteiger partial charge is 0.323 e. The van der Waals surface area contributed by atoms with Gasteiger partial charge < -0.3 is 11.1 Å². The van der Waals surface area contributed by atoms with Crippen LogP contribution in [0.15, 0.2) is 72.1 Å². The standard InChI is InChI=1S/C17H18N2OS/c1-2-12-21-15-11-7-6-10-14(15)19-17(20)16(18)13-8-4-3-5-9-13/h2-11,16H,1,12,18H2,(H,19,20)/t16-/m0/s1.